The number of hydrogen-bond donors (Lipinski definition) is 1. The Morgan fingerprint density at radius 1 is 1.29 bits per heavy atom. The summed E-state index contributed by atoms with van der Waals surface area (Å²) in [5, 5.41) is 3.58. The smallest absolute Gasteiger partial charge is 0.0702 e. The fraction of sp³-hybridized carbons (Fsp3) is 1.00. The summed E-state index contributed by atoms with van der Waals surface area (Å²) in [4.78, 5) is 2.65. The molecule has 1 unspecified atom stereocenters. The van der Waals surface area contributed by atoms with Gasteiger partial charge in [0.1, 0.15) is 0 Å². The normalized spacial score (nSPS) is 26.9. The van der Waals surface area contributed by atoms with Crippen LogP contribution in [0.1, 0.15) is 46.0 Å². The van der Waals surface area contributed by atoms with E-state index >= 15 is 0 Å². The Morgan fingerprint density at radius 2 is 2.10 bits per heavy atom. The first-order valence-corrected chi connectivity index (χ1v) is 8.90. The molecule has 4 nitrogen and oxygen atoms in total. The van der Waals surface area contributed by atoms with E-state index < -0.39 is 0 Å². The molecule has 2 rings (SSSR count). The molecule has 1 N–H and O–H groups in total. The number of likely N-dealkylation sites (tertiary alicyclic amines) is 1. The van der Waals surface area contributed by atoms with Crippen molar-refractivity contribution in [3.63, 3.8) is 0 Å². The van der Waals surface area contributed by atoms with Crippen LogP contribution in [-0.4, -0.2) is 63.5 Å². The Morgan fingerprint density at radius 3 is 2.81 bits per heavy atom. The molecule has 2 aliphatic heterocycles. The lowest BCUT2D eigenvalue weighted by molar-refractivity contribution is -0.0371. The summed E-state index contributed by atoms with van der Waals surface area (Å²) in [6.07, 6.45) is 6.48. The van der Waals surface area contributed by atoms with Crippen molar-refractivity contribution in [2.45, 2.75) is 52.1 Å². The van der Waals surface area contributed by atoms with Crippen LogP contribution >= 0.6 is 0 Å². The molecular weight excluding hydrogens is 264 g/mol. The minimum absolute atomic E-state index is 0.404. The third-order valence-corrected chi connectivity index (χ3v) is 4.88. The topological polar surface area (TPSA) is 33.7 Å². The Hall–Kier alpha value is -0.160. The maximum absolute atomic E-state index is 5.98. The predicted molar refractivity (Wildman–Crippen MR) is 86.7 cm³/mol. The first-order chi connectivity index (χ1) is 10.3. The zero-order valence-corrected chi connectivity index (χ0v) is 14.0. The SMILES string of the molecule is CCCOC1CCCN(CC2(CNCC)CCOCC2)C1. The maximum atomic E-state index is 5.98. The maximum Gasteiger partial charge on any atom is 0.0702 e. The van der Waals surface area contributed by atoms with Crippen LogP contribution in [0.3, 0.4) is 0 Å². The van der Waals surface area contributed by atoms with Gasteiger partial charge in [0.15, 0.2) is 0 Å². The summed E-state index contributed by atoms with van der Waals surface area (Å²) in [5.74, 6) is 0. The monoisotopic (exact) mass is 298 g/mol. The molecule has 2 heterocycles. The summed E-state index contributed by atoms with van der Waals surface area (Å²) < 4.78 is 11.6. The molecule has 0 bridgehead atoms. The van der Waals surface area contributed by atoms with Gasteiger partial charge in [-0.15, -0.1) is 0 Å². The highest BCUT2D eigenvalue weighted by atomic mass is 16.5. The first kappa shape index (κ1) is 17.2. The van der Waals surface area contributed by atoms with Crippen molar-refractivity contribution in [2.75, 3.05) is 52.5 Å². The van der Waals surface area contributed by atoms with E-state index in [1.54, 1.807) is 0 Å². The van der Waals surface area contributed by atoms with Gasteiger partial charge in [-0.1, -0.05) is 13.8 Å². The molecule has 1 atom stereocenters. The summed E-state index contributed by atoms with van der Waals surface area (Å²) in [6, 6.07) is 0. The summed E-state index contributed by atoms with van der Waals surface area (Å²) in [7, 11) is 0. The van der Waals surface area contributed by atoms with Crippen molar-refractivity contribution in [2.24, 2.45) is 5.41 Å². The van der Waals surface area contributed by atoms with Gasteiger partial charge in [0.2, 0.25) is 0 Å². The highest BCUT2D eigenvalue weighted by Gasteiger charge is 2.35. The highest BCUT2D eigenvalue weighted by molar-refractivity contribution is 4.89. The van der Waals surface area contributed by atoms with E-state index in [9.17, 15) is 0 Å². The third kappa shape index (κ3) is 5.51. The molecule has 21 heavy (non-hydrogen) atoms. The van der Waals surface area contributed by atoms with Crippen molar-refractivity contribution in [3.8, 4) is 0 Å². The molecule has 0 saturated carbocycles. The van der Waals surface area contributed by atoms with E-state index in [1.807, 2.05) is 0 Å². The van der Waals surface area contributed by atoms with Crippen molar-refractivity contribution in [3.05, 3.63) is 0 Å². The summed E-state index contributed by atoms with van der Waals surface area (Å²) in [6.45, 7) is 12.9. The van der Waals surface area contributed by atoms with Gasteiger partial charge in [-0.3, -0.25) is 0 Å². The Kier molecular flexibility index (Phi) is 7.44. The van der Waals surface area contributed by atoms with Crippen molar-refractivity contribution >= 4 is 0 Å². The van der Waals surface area contributed by atoms with E-state index in [4.69, 9.17) is 9.47 Å². The van der Waals surface area contributed by atoms with Gasteiger partial charge in [-0.2, -0.15) is 0 Å². The molecule has 124 valence electrons. The number of nitrogens with zero attached hydrogens (tertiary/aromatic N) is 1. The largest absolute Gasteiger partial charge is 0.381 e. The van der Waals surface area contributed by atoms with Gasteiger partial charge in [0, 0.05) is 39.5 Å². The van der Waals surface area contributed by atoms with Gasteiger partial charge in [-0.05, 0) is 50.6 Å². The first-order valence-electron chi connectivity index (χ1n) is 8.90. The third-order valence-electron chi connectivity index (χ3n) is 4.88. The Balaban J connectivity index is 1.86. The van der Waals surface area contributed by atoms with Crippen LogP contribution in [0.25, 0.3) is 0 Å². The zero-order valence-electron chi connectivity index (χ0n) is 14.0. The van der Waals surface area contributed by atoms with Gasteiger partial charge < -0.3 is 19.7 Å². The van der Waals surface area contributed by atoms with E-state index in [-0.39, 0.29) is 0 Å². The standard InChI is InChI=1S/C17H34N2O2/c1-3-10-21-16-6-5-9-19(13-16)15-17(14-18-4-2)7-11-20-12-8-17/h16,18H,3-15H2,1-2H3. The van der Waals surface area contributed by atoms with Crippen LogP contribution in [0.15, 0.2) is 0 Å². The second kappa shape index (κ2) is 9.09. The molecular formula is C17H34N2O2. The molecule has 0 amide bonds. The zero-order chi connectivity index (χ0) is 15.0. The second-order valence-electron chi connectivity index (χ2n) is 6.76. The second-order valence-corrected chi connectivity index (χ2v) is 6.76. The van der Waals surface area contributed by atoms with Crippen LogP contribution in [0.4, 0.5) is 0 Å². The molecule has 0 aromatic heterocycles. The van der Waals surface area contributed by atoms with Crippen LogP contribution in [0.2, 0.25) is 0 Å². The van der Waals surface area contributed by atoms with Crippen molar-refractivity contribution in [1.82, 2.24) is 10.2 Å². The molecule has 4 heteroatoms. The van der Waals surface area contributed by atoms with Gasteiger partial charge in [0.25, 0.3) is 0 Å². The van der Waals surface area contributed by atoms with Gasteiger partial charge in [-0.25, -0.2) is 0 Å². The molecule has 2 saturated heterocycles. The summed E-state index contributed by atoms with van der Waals surface area (Å²) >= 11 is 0. The van der Waals surface area contributed by atoms with Crippen LogP contribution in [0.5, 0.6) is 0 Å². The number of hydrogen-bond acceptors (Lipinski definition) is 4. The van der Waals surface area contributed by atoms with Gasteiger partial charge >= 0.3 is 0 Å². The Labute approximate surface area is 130 Å². The van der Waals surface area contributed by atoms with Crippen molar-refractivity contribution < 1.29 is 9.47 Å². The Bertz CT molecular complexity index is 280. The lowest BCUT2D eigenvalue weighted by atomic mass is 9.79. The number of rotatable bonds is 8. The van der Waals surface area contributed by atoms with Crippen LogP contribution in [-0.2, 0) is 9.47 Å². The van der Waals surface area contributed by atoms with E-state index in [0.717, 1.165) is 45.9 Å². The fourth-order valence-electron chi connectivity index (χ4n) is 3.64. The lowest BCUT2D eigenvalue weighted by Crippen LogP contribution is -2.50. The highest BCUT2D eigenvalue weighted by Crippen LogP contribution is 2.32. The van der Waals surface area contributed by atoms with E-state index in [2.05, 4.69) is 24.1 Å². The molecule has 0 aliphatic carbocycles. The molecule has 0 aromatic rings. The lowest BCUT2D eigenvalue weighted by Gasteiger charge is -2.43. The quantitative estimate of drug-likeness (QED) is 0.745. The predicted octanol–water partition coefficient (Wildman–Crippen LogP) is 2.28. The minimum atomic E-state index is 0.404. The van der Waals surface area contributed by atoms with Crippen LogP contribution < -0.4 is 5.32 Å². The van der Waals surface area contributed by atoms with E-state index in [0.29, 0.717) is 11.5 Å². The molecule has 0 aromatic carbocycles. The van der Waals surface area contributed by atoms with Crippen molar-refractivity contribution in [1.29, 1.82) is 0 Å². The van der Waals surface area contributed by atoms with E-state index in [1.165, 1.54) is 38.8 Å². The molecule has 0 radical (unpaired) electrons. The average Bonchev–Trinajstić information content (AvgIpc) is 2.52. The summed E-state index contributed by atoms with van der Waals surface area (Å²) in [5.41, 5.74) is 0.404. The number of nitrogens with one attached hydrogen (secondary N) is 1. The number of piperidine rings is 1. The molecule has 2 aliphatic rings. The minimum Gasteiger partial charge on any atom is -0.381 e. The molecule has 2 fully saturated rings. The fourth-order valence-corrected chi connectivity index (χ4v) is 3.64. The molecule has 0 spiro atoms. The average molecular weight is 298 g/mol. The van der Waals surface area contributed by atoms with Crippen LogP contribution in [0, 0.1) is 5.41 Å². The number of ether oxygens (including phenoxy) is 2. The van der Waals surface area contributed by atoms with Gasteiger partial charge in [0.05, 0.1) is 6.10 Å².